The molecule has 70 valence electrons. The topological polar surface area (TPSA) is 51.0 Å². The predicted octanol–water partition coefficient (Wildman–Crippen LogP) is 2.78. The molecule has 0 radical (unpaired) electrons. The Bertz CT molecular complexity index is 180. The van der Waals surface area contributed by atoms with E-state index in [0.29, 0.717) is 0 Å². The van der Waals surface area contributed by atoms with Crippen molar-refractivity contribution in [3.63, 3.8) is 0 Å². The predicted molar refractivity (Wildman–Crippen MR) is 46.2 cm³/mol. The van der Waals surface area contributed by atoms with Crippen molar-refractivity contribution in [2.75, 3.05) is 0 Å². The Labute approximate surface area is 73.0 Å². The summed E-state index contributed by atoms with van der Waals surface area (Å²) in [5.74, 6) is 0. The van der Waals surface area contributed by atoms with Crippen LogP contribution in [0.5, 0.6) is 0 Å². The average Bonchev–Trinajstić information content (AvgIpc) is 1.80. The Kier molecular flexibility index (Phi) is 3.86. The van der Waals surface area contributed by atoms with Gasteiger partial charge in [-0.3, -0.25) is 0 Å². The zero-order valence-corrected chi connectivity index (χ0v) is 8.29. The molecule has 0 bridgehead atoms. The molecule has 0 saturated carbocycles. The highest BCUT2D eigenvalue weighted by Gasteiger charge is 2.09. The van der Waals surface area contributed by atoms with E-state index in [0.717, 1.165) is 0 Å². The zero-order valence-electron chi connectivity index (χ0n) is 8.29. The Hall–Kier alpha value is -0.930. The van der Waals surface area contributed by atoms with Crippen molar-refractivity contribution < 1.29 is 9.53 Å². The molecule has 0 aliphatic carbocycles. The summed E-state index contributed by atoms with van der Waals surface area (Å²) in [6.07, 6.45) is -0.767. The SMILES string of the molecule is CC(C)OC(=O)N=NC(C)(C)C. The van der Waals surface area contributed by atoms with Crippen LogP contribution in [-0.4, -0.2) is 17.7 Å². The minimum Gasteiger partial charge on any atom is -0.444 e. The van der Waals surface area contributed by atoms with E-state index >= 15 is 0 Å². The molecule has 0 aliphatic heterocycles. The van der Waals surface area contributed by atoms with Crippen molar-refractivity contribution in [3.05, 3.63) is 0 Å². The molecule has 0 spiro atoms. The Balaban J connectivity index is 3.93. The molecule has 0 aromatic rings. The first kappa shape index (κ1) is 11.1. The highest BCUT2D eigenvalue weighted by Crippen LogP contribution is 2.07. The van der Waals surface area contributed by atoms with Gasteiger partial charge in [0.15, 0.2) is 0 Å². The fourth-order valence-corrected chi connectivity index (χ4v) is 0.416. The third-order valence-electron chi connectivity index (χ3n) is 0.768. The second-order valence-corrected chi connectivity index (χ2v) is 3.80. The summed E-state index contributed by atoms with van der Waals surface area (Å²) in [5.41, 5.74) is -0.323. The summed E-state index contributed by atoms with van der Waals surface area (Å²) in [4.78, 5) is 10.8. The van der Waals surface area contributed by atoms with Crippen molar-refractivity contribution >= 4 is 6.09 Å². The smallest absolute Gasteiger partial charge is 0.444 e. The number of ether oxygens (including phenoxy) is 1. The van der Waals surface area contributed by atoms with Crippen molar-refractivity contribution in [1.82, 2.24) is 0 Å². The van der Waals surface area contributed by atoms with Crippen molar-refractivity contribution in [3.8, 4) is 0 Å². The number of carbonyl (C=O) groups excluding carboxylic acids is 1. The van der Waals surface area contributed by atoms with E-state index in [1.807, 2.05) is 20.8 Å². The van der Waals surface area contributed by atoms with Gasteiger partial charge < -0.3 is 4.74 Å². The molecule has 4 heteroatoms. The van der Waals surface area contributed by atoms with Gasteiger partial charge in [0.25, 0.3) is 0 Å². The quantitative estimate of drug-likeness (QED) is 0.571. The molecule has 0 aromatic carbocycles. The summed E-state index contributed by atoms with van der Waals surface area (Å²) in [5, 5.41) is 7.16. The van der Waals surface area contributed by atoms with E-state index in [2.05, 4.69) is 10.2 Å². The number of nitrogens with zero attached hydrogens (tertiary/aromatic N) is 2. The molecule has 0 saturated heterocycles. The van der Waals surface area contributed by atoms with Gasteiger partial charge in [0.05, 0.1) is 11.6 Å². The standard InChI is InChI=1S/C8H16N2O2/c1-6(2)12-7(11)9-10-8(3,4)5/h6H,1-5H3. The molecular formula is C8H16N2O2. The lowest BCUT2D eigenvalue weighted by Gasteiger charge is -2.09. The van der Waals surface area contributed by atoms with E-state index < -0.39 is 6.09 Å². The summed E-state index contributed by atoms with van der Waals surface area (Å²) in [6, 6.07) is 0. The number of hydrogen-bond donors (Lipinski definition) is 0. The van der Waals surface area contributed by atoms with Crippen LogP contribution in [0.1, 0.15) is 34.6 Å². The molecule has 0 heterocycles. The van der Waals surface area contributed by atoms with Crippen molar-refractivity contribution in [1.29, 1.82) is 0 Å². The van der Waals surface area contributed by atoms with Crippen LogP contribution in [0.25, 0.3) is 0 Å². The van der Waals surface area contributed by atoms with Gasteiger partial charge in [0.2, 0.25) is 0 Å². The van der Waals surface area contributed by atoms with Gasteiger partial charge in [-0.25, -0.2) is 4.79 Å². The molecule has 0 N–H and O–H groups in total. The molecule has 0 unspecified atom stereocenters. The molecule has 0 aromatic heterocycles. The van der Waals surface area contributed by atoms with Gasteiger partial charge in [-0.2, -0.15) is 5.11 Å². The Morgan fingerprint density at radius 2 is 1.83 bits per heavy atom. The zero-order chi connectivity index (χ0) is 9.78. The van der Waals surface area contributed by atoms with Gasteiger partial charge in [0, 0.05) is 0 Å². The minimum atomic E-state index is -0.625. The Morgan fingerprint density at radius 1 is 1.33 bits per heavy atom. The monoisotopic (exact) mass is 172 g/mol. The second-order valence-electron chi connectivity index (χ2n) is 3.80. The van der Waals surface area contributed by atoms with Gasteiger partial charge in [0.1, 0.15) is 0 Å². The molecule has 0 rings (SSSR count). The van der Waals surface area contributed by atoms with Gasteiger partial charge >= 0.3 is 6.09 Å². The molecular weight excluding hydrogens is 156 g/mol. The van der Waals surface area contributed by atoms with Crippen LogP contribution < -0.4 is 0 Å². The highest BCUT2D eigenvalue weighted by molar-refractivity contribution is 5.67. The number of rotatable bonds is 1. The number of amides is 1. The molecule has 4 nitrogen and oxygen atoms in total. The lowest BCUT2D eigenvalue weighted by atomic mass is 10.1. The largest absolute Gasteiger partial charge is 0.452 e. The second kappa shape index (κ2) is 4.18. The van der Waals surface area contributed by atoms with Crippen molar-refractivity contribution in [2.24, 2.45) is 10.2 Å². The maximum absolute atomic E-state index is 10.8. The molecule has 0 atom stereocenters. The third kappa shape index (κ3) is 7.18. The molecule has 1 amide bonds. The highest BCUT2D eigenvalue weighted by atomic mass is 16.6. The Morgan fingerprint density at radius 3 is 2.17 bits per heavy atom. The van der Waals surface area contributed by atoms with Crippen LogP contribution in [0.3, 0.4) is 0 Å². The maximum atomic E-state index is 10.8. The maximum Gasteiger partial charge on any atom is 0.452 e. The fraction of sp³-hybridized carbons (Fsp3) is 0.875. The van der Waals surface area contributed by atoms with E-state index in [4.69, 9.17) is 4.74 Å². The van der Waals surface area contributed by atoms with E-state index in [1.165, 1.54) is 0 Å². The van der Waals surface area contributed by atoms with Crippen molar-refractivity contribution in [2.45, 2.75) is 46.3 Å². The summed E-state index contributed by atoms with van der Waals surface area (Å²) < 4.78 is 4.75. The first-order chi connectivity index (χ1) is 5.31. The van der Waals surface area contributed by atoms with Crippen LogP contribution in [0.2, 0.25) is 0 Å². The molecule has 12 heavy (non-hydrogen) atoms. The summed E-state index contributed by atoms with van der Waals surface area (Å²) in [6.45, 7) is 9.12. The average molecular weight is 172 g/mol. The summed E-state index contributed by atoms with van der Waals surface area (Å²) in [7, 11) is 0. The number of hydrogen-bond acceptors (Lipinski definition) is 3. The number of azo groups is 1. The first-order valence-electron chi connectivity index (χ1n) is 3.95. The van der Waals surface area contributed by atoms with Crippen LogP contribution >= 0.6 is 0 Å². The summed E-state index contributed by atoms with van der Waals surface area (Å²) >= 11 is 0. The van der Waals surface area contributed by atoms with Gasteiger partial charge in [-0.1, -0.05) is 5.11 Å². The van der Waals surface area contributed by atoms with Gasteiger partial charge in [-0.15, -0.1) is 0 Å². The van der Waals surface area contributed by atoms with Crippen LogP contribution in [0.15, 0.2) is 10.2 Å². The third-order valence-corrected chi connectivity index (χ3v) is 0.768. The molecule has 0 aliphatic rings. The van der Waals surface area contributed by atoms with E-state index in [9.17, 15) is 4.79 Å². The lowest BCUT2D eigenvalue weighted by Crippen LogP contribution is -2.11. The lowest BCUT2D eigenvalue weighted by molar-refractivity contribution is 0.123. The fourth-order valence-electron chi connectivity index (χ4n) is 0.416. The normalized spacial score (nSPS) is 12.5. The van der Waals surface area contributed by atoms with Crippen LogP contribution in [0, 0.1) is 0 Å². The number of carbonyl (C=O) groups is 1. The minimum absolute atomic E-state index is 0.142. The first-order valence-corrected chi connectivity index (χ1v) is 3.95. The van der Waals surface area contributed by atoms with Crippen LogP contribution in [-0.2, 0) is 4.74 Å². The molecule has 0 fully saturated rings. The van der Waals surface area contributed by atoms with E-state index in [-0.39, 0.29) is 11.6 Å². The van der Waals surface area contributed by atoms with E-state index in [1.54, 1.807) is 13.8 Å². The van der Waals surface area contributed by atoms with Gasteiger partial charge in [-0.05, 0) is 34.6 Å². The van der Waals surface area contributed by atoms with Crippen LogP contribution in [0.4, 0.5) is 4.79 Å².